The molecule has 1 aromatic carbocycles. The van der Waals surface area contributed by atoms with E-state index in [1.807, 2.05) is 16.7 Å². The van der Waals surface area contributed by atoms with E-state index < -0.39 is 12.2 Å². The number of ether oxygens (including phenoxy) is 1. The zero-order chi connectivity index (χ0) is 22.1. The monoisotopic (exact) mass is 425 g/mol. The second-order valence-electron chi connectivity index (χ2n) is 7.00. The Morgan fingerprint density at radius 2 is 2.06 bits per heavy atom. The first kappa shape index (κ1) is 22.5. The zero-order valence-corrected chi connectivity index (χ0v) is 17.4. The summed E-state index contributed by atoms with van der Waals surface area (Å²) in [4.78, 5) is 4.14. The van der Waals surface area contributed by atoms with Crippen molar-refractivity contribution in [2.24, 2.45) is 5.73 Å². The van der Waals surface area contributed by atoms with E-state index in [0.717, 1.165) is 5.56 Å². The average molecular weight is 425 g/mol. The van der Waals surface area contributed by atoms with Gasteiger partial charge in [-0.1, -0.05) is 11.1 Å². The van der Waals surface area contributed by atoms with E-state index in [4.69, 9.17) is 15.0 Å². The van der Waals surface area contributed by atoms with Crippen molar-refractivity contribution in [1.82, 2.24) is 20.0 Å². The van der Waals surface area contributed by atoms with Gasteiger partial charge in [0, 0.05) is 43.7 Å². The maximum absolute atomic E-state index is 9.84. The molecule has 2 atom stereocenters. The Morgan fingerprint density at radius 3 is 2.81 bits per heavy atom. The van der Waals surface area contributed by atoms with Crippen molar-refractivity contribution >= 4 is 0 Å². The number of nitrogens with zero attached hydrogens (tertiary/aromatic N) is 3. The molecule has 2 heterocycles. The van der Waals surface area contributed by atoms with Crippen LogP contribution in [-0.2, 0) is 6.54 Å². The van der Waals surface area contributed by atoms with Gasteiger partial charge in [-0.15, -0.1) is 0 Å². The predicted octanol–water partition coefficient (Wildman–Crippen LogP) is 0.660. The maximum Gasteiger partial charge on any atom is 0.210 e. The number of aliphatic hydroxyl groups is 2. The van der Waals surface area contributed by atoms with Crippen LogP contribution in [0.25, 0.3) is 0 Å². The molecule has 0 spiro atoms. The number of nitrogens with two attached hydrogens (primary N) is 1. The standard InChI is InChI=1S/C22H27N5O4/c1-16(28)22-25-10-11-27(22)14-18-12-21(31-26-18)7-4-17-2-5-20(6-3-17)30-15-19(29)13-24-9-8-23/h2-3,5-6,10-12,16,19,24,28-29H,8-9,13-15,23H2,1H3/t16-,19-/m0/s1. The molecule has 0 unspecified atom stereocenters. The number of aliphatic hydroxyl groups excluding tert-OH is 2. The SMILES string of the molecule is C[C@H](O)c1nccn1Cc1cc(C#Cc2ccc(OC[C@@H](O)CNCCN)cc2)on1. The summed E-state index contributed by atoms with van der Waals surface area (Å²) in [7, 11) is 0. The third-order valence-corrected chi connectivity index (χ3v) is 4.34. The second-order valence-corrected chi connectivity index (χ2v) is 7.00. The van der Waals surface area contributed by atoms with Gasteiger partial charge in [0.15, 0.2) is 0 Å². The first-order valence-electron chi connectivity index (χ1n) is 10.0. The maximum atomic E-state index is 9.84. The summed E-state index contributed by atoms with van der Waals surface area (Å²) >= 11 is 0. The van der Waals surface area contributed by atoms with E-state index in [9.17, 15) is 10.2 Å². The summed E-state index contributed by atoms with van der Waals surface area (Å²) in [6, 6.07) is 9.02. The smallest absolute Gasteiger partial charge is 0.210 e. The van der Waals surface area contributed by atoms with Crippen LogP contribution >= 0.6 is 0 Å². The topological polar surface area (TPSA) is 132 Å². The first-order valence-corrected chi connectivity index (χ1v) is 10.0. The fraction of sp³-hybridized carbons (Fsp3) is 0.364. The van der Waals surface area contributed by atoms with E-state index in [1.165, 1.54) is 0 Å². The Morgan fingerprint density at radius 1 is 1.26 bits per heavy atom. The van der Waals surface area contributed by atoms with Gasteiger partial charge in [-0.3, -0.25) is 0 Å². The highest BCUT2D eigenvalue weighted by molar-refractivity contribution is 5.41. The first-order chi connectivity index (χ1) is 15.0. The lowest BCUT2D eigenvalue weighted by atomic mass is 10.2. The van der Waals surface area contributed by atoms with Crippen LogP contribution in [0.15, 0.2) is 47.2 Å². The molecule has 2 aromatic heterocycles. The van der Waals surface area contributed by atoms with E-state index >= 15 is 0 Å². The van der Waals surface area contributed by atoms with E-state index in [0.29, 0.717) is 49.2 Å². The van der Waals surface area contributed by atoms with Crippen molar-refractivity contribution in [2.45, 2.75) is 25.7 Å². The van der Waals surface area contributed by atoms with Crippen molar-refractivity contribution in [3.63, 3.8) is 0 Å². The second kappa shape index (κ2) is 11.3. The van der Waals surface area contributed by atoms with Crippen LogP contribution < -0.4 is 15.8 Å². The quantitative estimate of drug-likeness (QED) is 0.275. The van der Waals surface area contributed by atoms with Gasteiger partial charge in [-0.2, -0.15) is 0 Å². The van der Waals surface area contributed by atoms with Gasteiger partial charge in [-0.05, 0) is 37.1 Å². The fourth-order valence-corrected chi connectivity index (χ4v) is 2.83. The third-order valence-electron chi connectivity index (χ3n) is 4.34. The minimum absolute atomic E-state index is 0.192. The molecule has 0 aliphatic carbocycles. The van der Waals surface area contributed by atoms with Crippen molar-refractivity contribution < 1.29 is 19.5 Å². The van der Waals surface area contributed by atoms with Gasteiger partial charge in [0.1, 0.15) is 36.1 Å². The number of imidazole rings is 1. The van der Waals surface area contributed by atoms with Crippen LogP contribution in [0.4, 0.5) is 0 Å². The van der Waals surface area contributed by atoms with Crippen molar-refractivity contribution in [3.8, 4) is 17.6 Å². The van der Waals surface area contributed by atoms with Gasteiger partial charge < -0.3 is 35.1 Å². The summed E-state index contributed by atoms with van der Waals surface area (Å²) in [5.74, 6) is 7.63. The zero-order valence-electron chi connectivity index (χ0n) is 17.4. The van der Waals surface area contributed by atoms with Gasteiger partial charge in [-0.25, -0.2) is 4.98 Å². The molecule has 0 saturated carbocycles. The molecule has 3 rings (SSSR count). The molecule has 3 aromatic rings. The van der Waals surface area contributed by atoms with Crippen molar-refractivity contribution in [3.05, 3.63) is 65.6 Å². The summed E-state index contributed by atoms with van der Waals surface area (Å²) in [5, 5.41) is 26.6. The molecule has 9 nitrogen and oxygen atoms in total. The normalized spacial score (nSPS) is 12.8. The highest BCUT2D eigenvalue weighted by Crippen LogP contribution is 2.14. The molecular weight excluding hydrogens is 398 g/mol. The van der Waals surface area contributed by atoms with Crippen LogP contribution in [-0.4, -0.2) is 57.3 Å². The molecule has 9 heteroatoms. The highest BCUT2D eigenvalue weighted by Gasteiger charge is 2.11. The van der Waals surface area contributed by atoms with Gasteiger partial charge in [0.2, 0.25) is 5.76 Å². The summed E-state index contributed by atoms with van der Waals surface area (Å²) < 4.78 is 12.7. The number of hydrogen-bond donors (Lipinski definition) is 4. The van der Waals surface area contributed by atoms with Crippen molar-refractivity contribution in [2.75, 3.05) is 26.2 Å². The number of hydrogen-bond acceptors (Lipinski definition) is 8. The van der Waals surface area contributed by atoms with Crippen LogP contribution in [0.3, 0.4) is 0 Å². The predicted molar refractivity (Wildman–Crippen MR) is 114 cm³/mol. The molecule has 0 aliphatic heterocycles. The molecule has 0 radical (unpaired) electrons. The highest BCUT2D eigenvalue weighted by atomic mass is 16.5. The largest absolute Gasteiger partial charge is 0.491 e. The molecular formula is C22H27N5O4. The Labute approximate surface area is 180 Å². The fourth-order valence-electron chi connectivity index (χ4n) is 2.83. The molecule has 0 fully saturated rings. The molecule has 0 amide bonds. The molecule has 0 aliphatic rings. The van der Waals surface area contributed by atoms with Crippen molar-refractivity contribution in [1.29, 1.82) is 0 Å². The number of aromatic nitrogens is 3. The van der Waals surface area contributed by atoms with E-state index in [-0.39, 0.29) is 6.61 Å². The van der Waals surface area contributed by atoms with Crippen LogP contribution in [0.2, 0.25) is 0 Å². The Bertz CT molecular complexity index is 1000. The summed E-state index contributed by atoms with van der Waals surface area (Å²) in [6.07, 6.45) is 2.15. The summed E-state index contributed by atoms with van der Waals surface area (Å²) in [5.41, 5.74) is 6.87. The van der Waals surface area contributed by atoms with Crippen LogP contribution in [0.1, 0.15) is 35.9 Å². The molecule has 5 N–H and O–H groups in total. The van der Waals surface area contributed by atoms with Gasteiger partial charge in [0.05, 0.1) is 6.54 Å². The Kier molecular flexibility index (Phi) is 8.20. The van der Waals surface area contributed by atoms with Crippen LogP contribution in [0.5, 0.6) is 5.75 Å². The average Bonchev–Trinajstić information content (AvgIpc) is 3.41. The Balaban J connectivity index is 1.52. The lowest BCUT2D eigenvalue weighted by Crippen LogP contribution is -2.34. The minimum atomic E-state index is -0.663. The summed E-state index contributed by atoms with van der Waals surface area (Å²) in [6.45, 7) is 3.91. The number of benzene rings is 1. The van der Waals surface area contributed by atoms with E-state index in [2.05, 4.69) is 27.3 Å². The molecule has 0 bridgehead atoms. The lowest BCUT2D eigenvalue weighted by Gasteiger charge is -2.12. The molecule has 0 saturated heterocycles. The molecule has 164 valence electrons. The number of nitrogens with one attached hydrogen (secondary N) is 1. The van der Waals surface area contributed by atoms with E-state index in [1.54, 1.807) is 37.5 Å². The molecule has 31 heavy (non-hydrogen) atoms. The number of rotatable bonds is 10. The minimum Gasteiger partial charge on any atom is -0.491 e. The Hall–Kier alpha value is -3.16. The van der Waals surface area contributed by atoms with Crippen LogP contribution in [0, 0.1) is 11.8 Å². The lowest BCUT2D eigenvalue weighted by molar-refractivity contribution is 0.107. The van der Waals surface area contributed by atoms with Gasteiger partial charge >= 0.3 is 0 Å². The van der Waals surface area contributed by atoms with Gasteiger partial charge in [0.25, 0.3) is 0 Å². The third kappa shape index (κ3) is 6.94.